The van der Waals surface area contributed by atoms with Gasteiger partial charge in [-0.05, 0) is 5.56 Å². The lowest BCUT2D eigenvalue weighted by atomic mass is 10.2. The van der Waals surface area contributed by atoms with Crippen molar-refractivity contribution in [2.45, 2.75) is 6.42 Å². The molecule has 1 unspecified atom stereocenters. The van der Waals surface area contributed by atoms with Crippen LogP contribution in [0.5, 0.6) is 0 Å². The van der Waals surface area contributed by atoms with Crippen molar-refractivity contribution in [1.82, 2.24) is 0 Å². The second kappa shape index (κ2) is 4.79. The average Bonchev–Trinajstić information content (AvgIpc) is 2.05. The van der Waals surface area contributed by atoms with Gasteiger partial charge < -0.3 is 4.55 Å². The molecule has 0 aromatic heterocycles. The van der Waals surface area contributed by atoms with Crippen LogP contribution in [-0.2, 0) is 17.7 Å². The molecule has 4 heteroatoms. The largest absolute Gasteiger partial charge is 0.754 e. The average molecular weight is 182 g/mol. The number of rotatable bonds is 3. The lowest BCUT2D eigenvalue weighted by molar-refractivity contribution is 0.539. The molecule has 0 aliphatic rings. The highest BCUT2D eigenvalue weighted by Gasteiger charge is 1.85. The molecule has 0 amide bonds. The zero-order valence-corrected chi connectivity index (χ0v) is 7.16. The zero-order chi connectivity index (χ0) is 8.81. The predicted octanol–water partition coefficient (Wildman–Crippen LogP) is 1.09. The van der Waals surface area contributed by atoms with Gasteiger partial charge in [0, 0.05) is 12.6 Å². The van der Waals surface area contributed by atoms with Crippen molar-refractivity contribution in [2.24, 2.45) is 4.40 Å². The predicted molar refractivity (Wildman–Crippen MR) is 47.6 cm³/mol. The summed E-state index contributed by atoms with van der Waals surface area (Å²) in [4.78, 5) is 0. The SMILES string of the molecule is O=S([O-])N=CCc1ccccc1. The third-order valence-electron chi connectivity index (χ3n) is 1.33. The van der Waals surface area contributed by atoms with Crippen LogP contribution in [0.1, 0.15) is 5.56 Å². The number of hydrogen-bond donors (Lipinski definition) is 0. The highest BCUT2D eigenvalue weighted by atomic mass is 32.2. The van der Waals surface area contributed by atoms with Crippen molar-refractivity contribution in [2.75, 3.05) is 0 Å². The minimum absolute atomic E-state index is 0.550. The molecule has 1 aromatic carbocycles. The highest BCUT2D eigenvalue weighted by Crippen LogP contribution is 1.97. The number of hydrogen-bond acceptors (Lipinski definition) is 2. The van der Waals surface area contributed by atoms with Gasteiger partial charge in [0.15, 0.2) is 0 Å². The Morgan fingerprint density at radius 2 is 2.08 bits per heavy atom. The van der Waals surface area contributed by atoms with Gasteiger partial charge in [0.05, 0.1) is 11.3 Å². The lowest BCUT2D eigenvalue weighted by Gasteiger charge is -1.95. The summed E-state index contributed by atoms with van der Waals surface area (Å²) in [6, 6.07) is 9.54. The van der Waals surface area contributed by atoms with Gasteiger partial charge in [-0.25, -0.2) is 4.40 Å². The molecule has 0 saturated heterocycles. The highest BCUT2D eigenvalue weighted by molar-refractivity contribution is 7.77. The van der Waals surface area contributed by atoms with E-state index in [1.165, 1.54) is 6.21 Å². The van der Waals surface area contributed by atoms with E-state index in [0.29, 0.717) is 6.42 Å². The van der Waals surface area contributed by atoms with Gasteiger partial charge in [0.2, 0.25) is 0 Å². The monoisotopic (exact) mass is 182 g/mol. The quantitative estimate of drug-likeness (QED) is 0.519. The van der Waals surface area contributed by atoms with E-state index in [4.69, 9.17) is 0 Å². The Balaban J connectivity index is 2.49. The van der Waals surface area contributed by atoms with Gasteiger partial charge >= 0.3 is 0 Å². The van der Waals surface area contributed by atoms with E-state index in [0.717, 1.165) is 5.56 Å². The van der Waals surface area contributed by atoms with Crippen LogP contribution in [0.3, 0.4) is 0 Å². The van der Waals surface area contributed by atoms with Crippen LogP contribution in [0.25, 0.3) is 0 Å². The van der Waals surface area contributed by atoms with Crippen LogP contribution in [-0.4, -0.2) is 15.0 Å². The summed E-state index contributed by atoms with van der Waals surface area (Å²) in [6.45, 7) is 0. The Hall–Kier alpha value is -1.00. The van der Waals surface area contributed by atoms with Gasteiger partial charge in [-0.3, -0.25) is 4.21 Å². The number of benzene rings is 1. The second-order valence-corrected chi connectivity index (χ2v) is 2.84. The van der Waals surface area contributed by atoms with Gasteiger partial charge in [0.1, 0.15) is 0 Å². The van der Waals surface area contributed by atoms with E-state index >= 15 is 0 Å². The molecule has 0 aliphatic carbocycles. The smallest absolute Gasteiger partial charge is 0.0673 e. The van der Waals surface area contributed by atoms with Crippen molar-refractivity contribution < 1.29 is 8.76 Å². The van der Waals surface area contributed by atoms with Crippen LogP contribution in [0.15, 0.2) is 34.7 Å². The summed E-state index contributed by atoms with van der Waals surface area (Å²) in [5, 5.41) is 0. The van der Waals surface area contributed by atoms with E-state index < -0.39 is 11.3 Å². The lowest BCUT2D eigenvalue weighted by Crippen LogP contribution is -1.87. The summed E-state index contributed by atoms with van der Waals surface area (Å²) in [7, 11) is 0. The molecule has 1 aromatic rings. The zero-order valence-electron chi connectivity index (χ0n) is 6.34. The molecule has 1 atom stereocenters. The van der Waals surface area contributed by atoms with Crippen molar-refractivity contribution >= 4 is 17.5 Å². The summed E-state index contributed by atoms with van der Waals surface area (Å²) in [5.41, 5.74) is 1.05. The van der Waals surface area contributed by atoms with Crippen LogP contribution >= 0.6 is 0 Å². The molecule has 0 N–H and O–H groups in total. The molecule has 0 radical (unpaired) electrons. The first-order chi connectivity index (χ1) is 5.79. The first-order valence-electron chi connectivity index (χ1n) is 3.45. The fraction of sp³-hybridized carbons (Fsp3) is 0.125. The maximum Gasteiger partial charge on any atom is 0.0673 e. The summed E-state index contributed by atoms with van der Waals surface area (Å²) < 4.78 is 23.2. The number of nitrogens with zero attached hydrogens (tertiary/aromatic N) is 1. The van der Waals surface area contributed by atoms with Gasteiger partial charge in [0.25, 0.3) is 0 Å². The van der Waals surface area contributed by atoms with E-state index in [2.05, 4.69) is 4.40 Å². The molecule has 1 rings (SSSR count). The Labute approximate surface area is 73.6 Å². The third kappa shape index (κ3) is 3.41. The molecule has 3 nitrogen and oxygen atoms in total. The minimum Gasteiger partial charge on any atom is -0.754 e. The molecule has 0 aliphatic heterocycles. The van der Waals surface area contributed by atoms with Crippen LogP contribution in [0.2, 0.25) is 0 Å². The van der Waals surface area contributed by atoms with Gasteiger partial charge in [-0.15, -0.1) is 0 Å². The molecule has 0 spiro atoms. The minimum atomic E-state index is -2.32. The maximum absolute atomic E-state index is 9.99. The van der Waals surface area contributed by atoms with Crippen molar-refractivity contribution in [3.63, 3.8) is 0 Å². The molecule has 64 valence electrons. The summed E-state index contributed by atoms with van der Waals surface area (Å²) in [5.74, 6) is 0. The fourth-order valence-electron chi connectivity index (χ4n) is 0.818. The maximum atomic E-state index is 9.99. The van der Waals surface area contributed by atoms with E-state index in [1.807, 2.05) is 30.3 Å². The Morgan fingerprint density at radius 1 is 1.42 bits per heavy atom. The Morgan fingerprint density at radius 3 is 2.67 bits per heavy atom. The molecule has 0 bridgehead atoms. The topological polar surface area (TPSA) is 52.5 Å². The van der Waals surface area contributed by atoms with E-state index in [9.17, 15) is 8.76 Å². The standard InChI is InChI=1S/C8H9NO2S/c10-12(11)9-7-6-8-4-2-1-3-5-8/h1-5,7H,6H2,(H,10,11)/p-1. The molecule has 0 saturated carbocycles. The van der Waals surface area contributed by atoms with Gasteiger partial charge in [-0.2, -0.15) is 0 Å². The van der Waals surface area contributed by atoms with E-state index in [-0.39, 0.29) is 0 Å². The molecular weight excluding hydrogens is 174 g/mol. The Bertz CT molecular complexity index is 284. The van der Waals surface area contributed by atoms with Crippen molar-refractivity contribution in [3.05, 3.63) is 35.9 Å². The summed E-state index contributed by atoms with van der Waals surface area (Å²) >= 11 is -2.32. The fourth-order valence-corrected chi connectivity index (χ4v) is 1.01. The van der Waals surface area contributed by atoms with Crippen molar-refractivity contribution in [3.8, 4) is 0 Å². The van der Waals surface area contributed by atoms with Crippen LogP contribution in [0.4, 0.5) is 0 Å². The summed E-state index contributed by atoms with van der Waals surface area (Å²) in [6.07, 6.45) is 1.92. The van der Waals surface area contributed by atoms with E-state index in [1.54, 1.807) is 0 Å². The molecule has 0 heterocycles. The Kier molecular flexibility index (Phi) is 3.63. The third-order valence-corrected chi connectivity index (χ3v) is 1.65. The normalized spacial score (nSPS) is 13.4. The van der Waals surface area contributed by atoms with Gasteiger partial charge in [-0.1, -0.05) is 30.3 Å². The first-order valence-corrected chi connectivity index (χ1v) is 4.48. The van der Waals surface area contributed by atoms with Crippen LogP contribution in [0, 0.1) is 0 Å². The first kappa shape index (κ1) is 9.09. The molecular formula is C8H8NO2S-. The molecule has 0 fully saturated rings. The van der Waals surface area contributed by atoms with Crippen LogP contribution < -0.4 is 0 Å². The van der Waals surface area contributed by atoms with Crippen molar-refractivity contribution in [1.29, 1.82) is 0 Å². The molecule has 12 heavy (non-hydrogen) atoms. The second-order valence-electron chi connectivity index (χ2n) is 2.19.